The minimum Gasteiger partial charge on any atom is -0.491 e. The highest BCUT2D eigenvalue weighted by Crippen LogP contribution is 2.66. The fourth-order valence-electron chi connectivity index (χ4n) is 7.23. The van der Waals surface area contributed by atoms with E-state index in [4.69, 9.17) is 27.9 Å². The van der Waals surface area contributed by atoms with Gasteiger partial charge in [-0.3, -0.25) is 29.0 Å². The number of ether oxygens (including phenoxy) is 1. The van der Waals surface area contributed by atoms with E-state index in [9.17, 15) is 24.3 Å². The Bertz CT molecular complexity index is 1490. The molecule has 0 bridgehead atoms. The maximum absolute atomic E-state index is 14.1. The molecular formula is C31H30Cl2N2O6. The Morgan fingerprint density at radius 3 is 2.37 bits per heavy atom. The summed E-state index contributed by atoms with van der Waals surface area (Å²) in [5, 5.41) is 9.41. The van der Waals surface area contributed by atoms with Gasteiger partial charge in [-0.25, -0.2) is 0 Å². The molecule has 6 rings (SSSR count). The van der Waals surface area contributed by atoms with Gasteiger partial charge in [0.15, 0.2) is 9.75 Å². The van der Waals surface area contributed by atoms with Crippen molar-refractivity contribution < 1.29 is 29.0 Å². The average molecular weight is 597 g/mol. The van der Waals surface area contributed by atoms with E-state index >= 15 is 0 Å². The number of halogens is 2. The van der Waals surface area contributed by atoms with Crippen molar-refractivity contribution >= 4 is 52.5 Å². The van der Waals surface area contributed by atoms with Crippen LogP contribution in [0.5, 0.6) is 5.75 Å². The zero-order valence-corrected chi connectivity index (χ0v) is 24.2. The van der Waals surface area contributed by atoms with E-state index in [1.165, 1.54) is 11.9 Å². The molecule has 2 aliphatic heterocycles. The topological polar surface area (TPSA) is 104 Å². The first-order chi connectivity index (χ1) is 19.6. The molecule has 0 radical (unpaired) electrons. The van der Waals surface area contributed by atoms with Crippen LogP contribution in [0.15, 0.2) is 60.2 Å². The van der Waals surface area contributed by atoms with E-state index in [2.05, 4.69) is 0 Å². The quantitative estimate of drug-likeness (QED) is 0.309. The van der Waals surface area contributed by atoms with Gasteiger partial charge in [-0.2, -0.15) is 0 Å². The Hall–Kier alpha value is -3.20. The smallest absolute Gasteiger partial charge is 0.253 e. The molecule has 4 aliphatic rings. The first-order valence-corrected chi connectivity index (χ1v) is 14.5. The Balaban J connectivity index is 1.49. The summed E-state index contributed by atoms with van der Waals surface area (Å²) in [6.45, 7) is 1.80. The number of aliphatic hydroxyl groups excluding tert-OH is 1. The van der Waals surface area contributed by atoms with Crippen molar-refractivity contribution in [2.24, 2.45) is 17.8 Å². The van der Waals surface area contributed by atoms with Crippen molar-refractivity contribution in [3.05, 3.63) is 71.3 Å². The number of carbonyl (C=O) groups is 4. The monoisotopic (exact) mass is 596 g/mol. The number of anilines is 1. The number of nitrogens with zero attached hydrogens (tertiary/aromatic N) is 2. The minimum atomic E-state index is -1.89. The number of aliphatic hydroxyl groups is 1. The molecule has 3 fully saturated rings. The van der Waals surface area contributed by atoms with Gasteiger partial charge in [0.05, 0.1) is 24.1 Å². The number of aryl methyl sites for hydroxylation is 1. The minimum absolute atomic E-state index is 0.00373. The number of alkyl halides is 2. The van der Waals surface area contributed by atoms with Crippen molar-refractivity contribution in [2.45, 2.75) is 41.9 Å². The number of allylic oxidation sites excluding steroid dienone is 2. The Kier molecular flexibility index (Phi) is 6.79. The molecule has 1 saturated carbocycles. The standard InChI is InChI=1S/C31H30Cl2N2O6/c1-3-17-8-10-18(11-9-17)35-26(37)21-13-12-19-22(24(21)27(35)38)16-30(32)28(39)34(2)29(40)31(30,33)25(19)20-6-4-5-7-23(20)41-15-14-36/h4-12,21-22,24-25,36H,3,13-16H2,1-2H3. The highest BCUT2D eigenvalue weighted by atomic mass is 35.5. The van der Waals surface area contributed by atoms with Gasteiger partial charge in [-0.1, -0.05) is 48.9 Å². The highest BCUT2D eigenvalue weighted by molar-refractivity contribution is 6.53. The second kappa shape index (κ2) is 9.96. The van der Waals surface area contributed by atoms with Crippen molar-refractivity contribution in [1.82, 2.24) is 4.90 Å². The van der Waals surface area contributed by atoms with Crippen LogP contribution in [0.3, 0.4) is 0 Å². The number of fused-ring (bicyclic) bond motifs is 4. The van der Waals surface area contributed by atoms with Crippen LogP contribution < -0.4 is 9.64 Å². The molecule has 10 heteroatoms. The molecule has 2 aliphatic carbocycles. The summed E-state index contributed by atoms with van der Waals surface area (Å²) in [5.74, 6) is -4.46. The van der Waals surface area contributed by atoms with Crippen LogP contribution in [0.1, 0.15) is 36.8 Å². The van der Waals surface area contributed by atoms with Crippen molar-refractivity contribution in [3.63, 3.8) is 0 Å². The van der Waals surface area contributed by atoms with Crippen LogP contribution in [-0.2, 0) is 25.6 Å². The fraction of sp³-hybridized carbons (Fsp3) is 0.419. The van der Waals surface area contributed by atoms with Gasteiger partial charge in [-0.05, 0) is 48.9 Å². The van der Waals surface area contributed by atoms with E-state index in [1.807, 2.05) is 25.1 Å². The molecule has 2 saturated heterocycles. The normalized spacial score (nSPS) is 32.6. The number of hydrogen-bond donors (Lipinski definition) is 1. The van der Waals surface area contributed by atoms with E-state index in [0.717, 1.165) is 16.9 Å². The summed E-state index contributed by atoms with van der Waals surface area (Å²) in [6.07, 6.45) is 2.93. The van der Waals surface area contributed by atoms with Gasteiger partial charge in [-0.15, -0.1) is 23.2 Å². The van der Waals surface area contributed by atoms with E-state index in [1.54, 1.807) is 36.4 Å². The average Bonchev–Trinajstić information content (AvgIpc) is 3.31. The van der Waals surface area contributed by atoms with E-state index in [0.29, 0.717) is 22.6 Å². The summed E-state index contributed by atoms with van der Waals surface area (Å²) >= 11 is 14.5. The molecule has 6 atom stereocenters. The second-order valence-electron chi connectivity index (χ2n) is 11.1. The number of likely N-dealkylation sites (tertiary alicyclic amines) is 1. The molecule has 6 unspecified atom stereocenters. The number of amides is 4. The molecule has 2 heterocycles. The Morgan fingerprint density at radius 2 is 1.68 bits per heavy atom. The zero-order chi connectivity index (χ0) is 29.3. The van der Waals surface area contributed by atoms with Crippen LogP contribution in [0, 0.1) is 17.8 Å². The van der Waals surface area contributed by atoms with Gasteiger partial charge in [0.1, 0.15) is 12.4 Å². The first kappa shape index (κ1) is 27.9. The number of rotatable bonds is 6. The van der Waals surface area contributed by atoms with Gasteiger partial charge >= 0.3 is 0 Å². The fourth-order valence-corrected chi connectivity index (χ4v) is 8.24. The molecule has 2 aromatic rings. The summed E-state index contributed by atoms with van der Waals surface area (Å²) in [6, 6.07) is 14.3. The lowest BCUT2D eigenvalue weighted by Crippen LogP contribution is -2.60. The molecule has 214 valence electrons. The molecule has 8 nitrogen and oxygen atoms in total. The Morgan fingerprint density at radius 1 is 0.976 bits per heavy atom. The van der Waals surface area contributed by atoms with Crippen LogP contribution in [0.25, 0.3) is 0 Å². The van der Waals surface area contributed by atoms with Gasteiger partial charge in [0, 0.05) is 18.5 Å². The van der Waals surface area contributed by atoms with Crippen molar-refractivity contribution in [2.75, 3.05) is 25.2 Å². The number of hydrogen-bond acceptors (Lipinski definition) is 6. The molecule has 1 N–H and O–H groups in total. The molecule has 0 spiro atoms. The predicted molar refractivity (Wildman–Crippen MR) is 153 cm³/mol. The Labute approximate surface area is 247 Å². The maximum atomic E-state index is 14.1. The lowest BCUT2D eigenvalue weighted by atomic mass is 9.56. The SMILES string of the molecule is CCc1ccc(N2C(=O)C3CC=C4C(CC5(Cl)C(=O)N(C)C(=O)C5(Cl)C4c4ccccc4OCCO)C3C2=O)cc1. The van der Waals surface area contributed by atoms with Gasteiger partial charge in [0.2, 0.25) is 11.8 Å². The summed E-state index contributed by atoms with van der Waals surface area (Å²) in [4.78, 5) is 53.6. The lowest BCUT2D eigenvalue weighted by molar-refractivity contribution is -0.138. The van der Waals surface area contributed by atoms with Crippen LogP contribution >= 0.6 is 23.2 Å². The van der Waals surface area contributed by atoms with E-state index < -0.39 is 45.2 Å². The molecule has 4 amide bonds. The summed E-state index contributed by atoms with van der Waals surface area (Å²) in [7, 11) is 1.36. The second-order valence-corrected chi connectivity index (χ2v) is 12.4. The lowest BCUT2D eigenvalue weighted by Gasteiger charge is -2.51. The summed E-state index contributed by atoms with van der Waals surface area (Å²) in [5.41, 5.74) is 2.80. The number of carbonyl (C=O) groups excluding carboxylic acids is 4. The van der Waals surface area contributed by atoms with Gasteiger partial charge in [0.25, 0.3) is 11.8 Å². The number of para-hydroxylation sites is 1. The first-order valence-electron chi connectivity index (χ1n) is 13.8. The number of imide groups is 2. The van der Waals surface area contributed by atoms with E-state index in [-0.39, 0.29) is 37.9 Å². The van der Waals surface area contributed by atoms with Crippen molar-refractivity contribution in [1.29, 1.82) is 0 Å². The third-order valence-corrected chi connectivity index (χ3v) is 10.6. The molecule has 41 heavy (non-hydrogen) atoms. The number of benzene rings is 2. The predicted octanol–water partition coefficient (Wildman–Crippen LogP) is 3.81. The molecule has 0 aromatic heterocycles. The zero-order valence-electron chi connectivity index (χ0n) is 22.7. The molecule has 2 aromatic carbocycles. The highest BCUT2D eigenvalue weighted by Gasteiger charge is 2.76. The van der Waals surface area contributed by atoms with Crippen LogP contribution in [-0.4, -0.2) is 63.6 Å². The third kappa shape index (κ3) is 3.76. The van der Waals surface area contributed by atoms with Crippen LogP contribution in [0.2, 0.25) is 0 Å². The van der Waals surface area contributed by atoms with Crippen LogP contribution in [0.4, 0.5) is 5.69 Å². The van der Waals surface area contributed by atoms with Crippen molar-refractivity contribution in [3.8, 4) is 5.75 Å². The largest absolute Gasteiger partial charge is 0.491 e. The summed E-state index contributed by atoms with van der Waals surface area (Å²) < 4.78 is 5.84. The molecular weight excluding hydrogens is 567 g/mol. The third-order valence-electron chi connectivity index (χ3n) is 9.20. The maximum Gasteiger partial charge on any atom is 0.253 e. The van der Waals surface area contributed by atoms with Gasteiger partial charge < -0.3 is 9.84 Å².